The first kappa shape index (κ1) is 8.70. The first-order chi connectivity index (χ1) is 8.45. The van der Waals surface area contributed by atoms with Crippen LogP contribution in [0.2, 0.25) is 0 Å². The molecule has 0 radical (unpaired) electrons. The molecule has 0 fully saturated rings. The molecule has 0 saturated heterocycles. The second-order valence-corrected chi connectivity index (χ2v) is 4.06. The molecule has 2 aromatic carbocycles. The van der Waals surface area contributed by atoms with Gasteiger partial charge in [-0.15, -0.1) is 0 Å². The van der Waals surface area contributed by atoms with E-state index in [1.54, 1.807) is 6.33 Å². The van der Waals surface area contributed by atoms with Gasteiger partial charge in [0.1, 0.15) is 6.33 Å². The molecule has 2 aromatic heterocycles. The second kappa shape index (κ2) is 3.04. The molecule has 0 aliphatic heterocycles. The molecular weight excluding hydrogens is 210 g/mol. The van der Waals surface area contributed by atoms with Crippen LogP contribution in [0.4, 0.5) is 0 Å². The van der Waals surface area contributed by atoms with E-state index in [0.29, 0.717) is 0 Å². The largest absolute Gasteiger partial charge is 0.215 e. The molecule has 0 N–H and O–H groups in total. The van der Waals surface area contributed by atoms with Crippen molar-refractivity contribution >= 4 is 27.3 Å². The number of hydrogen-bond donors (Lipinski definition) is 0. The third-order valence-corrected chi connectivity index (χ3v) is 3.14. The standard InChI is InChI=1S/C14H9N3/c1-2-7-12-10(5-1)11-6-3-4-8-13(11)17-14(12)15-9-16-17/h1-9H. The van der Waals surface area contributed by atoms with Crippen molar-refractivity contribution < 1.29 is 0 Å². The van der Waals surface area contributed by atoms with Gasteiger partial charge in [-0.05, 0) is 11.5 Å². The van der Waals surface area contributed by atoms with Gasteiger partial charge in [0.2, 0.25) is 0 Å². The fraction of sp³-hybridized carbons (Fsp3) is 0. The van der Waals surface area contributed by atoms with Crippen LogP contribution in [0.3, 0.4) is 0 Å². The van der Waals surface area contributed by atoms with Crippen LogP contribution in [0.15, 0.2) is 54.9 Å². The lowest BCUT2D eigenvalue weighted by Gasteiger charge is -2.05. The van der Waals surface area contributed by atoms with Gasteiger partial charge >= 0.3 is 0 Å². The van der Waals surface area contributed by atoms with Gasteiger partial charge in [0.15, 0.2) is 5.65 Å². The van der Waals surface area contributed by atoms with Gasteiger partial charge < -0.3 is 0 Å². The molecule has 0 bridgehead atoms. The average molecular weight is 219 g/mol. The highest BCUT2D eigenvalue weighted by Crippen LogP contribution is 2.27. The van der Waals surface area contributed by atoms with Gasteiger partial charge in [0.05, 0.1) is 5.52 Å². The van der Waals surface area contributed by atoms with Crippen molar-refractivity contribution in [2.24, 2.45) is 0 Å². The van der Waals surface area contributed by atoms with E-state index in [-0.39, 0.29) is 0 Å². The Morgan fingerprint density at radius 2 is 1.47 bits per heavy atom. The molecule has 0 unspecified atom stereocenters. The number of rotatable bonds is 0. The lowest BCUT2D eigenvalue weighted by atomic mass is 10.1. The van der Waals surface area contributed by atoms with Crippen molar-refractivity contribution in [2.45, 2.75) is 0 Å². The first-order valence-electron chi connectivity index (χ1n) is 5.54. The lowest BCUT2D eigenvalue weighted by Crippen LogP contribution is -1.92. The van der Waals surface area contributed by atoms with Gasteiger partial charge in [-0.25, -0.2) is 9.50 Å². The lowest BCUT2D eigenvalue weighted by molar-refractivity contribution is 1.01. The van der Waals surface area contributed by atoms with Crippen molar-refractivity contribution in [2.75, 3.05) is 0 Å². The minimum absolute atomic E-state index is 0.916. The Morgan fingerprint density at radius 3 is 2.35 bits per heavy atom. The Labute approximate surface area is 97.3 Å². The van der Waals surface area contributed by atoms with Crippen molar-refractivity contribution in [3.05, 3.63) is 54.9 Å². The molecule has 4 rings (SSSR count). The number of fused-ring (bicyclic) bond motifs is 6. The molecule has 0 spiro atoms. The van der Waals surface area contributed by atoms with Gasteiger partial charge in [-0.3, -0.25) is 0 Å². The Kier molecular flexibility index (Phi) is 1.56. The minimum atomic E-state index is 0.916. The normalized spacial score (nSPS) is 11.5. The summed E-state index contributed by atoms with van der Waals surface area (Å²) in [5, 5.41) is 7.88. The summed E-state index contributed by atoms with van der Waals surface area (Å²) >= 11 is 0. The van der Waals surface area contributed by atoms with Crippen molar-refractivity contribution in [1.29, 1.82) is 0 Å². The van der Waals surface area contributed by atoms with E-state index in [1.807, 2.05) is 16.6 Å². The number of hydrogen-bond acceptors (Lipinski definition) is 2. The molecule has 3 nitrogen and oxygen atoms in total. The van der Waals surface area contributed by atoms with Crippen LogP contribution in [0.1, 0.15) is 0 Å². The molecule has 80 valence electrons. The van der Waals surface area contributed by atoms with E-state index < -0.39 is 0 Å². The Morgan fingerprint density at radius 1 is 0.765 bits per heavy atom. The zero-order chi connectivity index (χ0) is 11.2. The maximum Gasteiger partial charge on any atom is 0.163 e. The Bertz CT molecular complexity index is 776. The topological polar surface area (TPSA) is 30.2 Å². The molecule has 4 aromatic rings. The highest BCUT2D eigenvalue weighted by atomic mass is 15.3. The summed E-state index contributed by atoms with van der Waals surface area (Å²) in [6.07, 6.45) is 1.61. The van der Waals surface area contributed by atoms with E-state index in [1.165, 1.54) is 10.8 Å². The Hall–Kier alpha value is -2.42. The molecule has 0 aliphatic carbocycles. The summed E-state index contributed by atoms with van der Waals surface area (Å²) in [6.45, 7) is 0. The molecule has 0 amide bonds. The van der Waals surface area contributed by atoms with Gasteiger partial charge in [0, 0.05) is 10.8 Å². The number of para-hydroxylation sites is 1. The Balaban J connectivity index is 2.48. The van der Waals surface area contributed by atoms with Crippen molar-refractivity contribution in [3.8, 4) is 0 Å². The molecule has 2 heterocycles. The SMILES string of the molecule is c1ccc2c(c1)c1ccccc1n1ncnc21. The summed E-state index contributed by atoms with van der Waals surface area (Å²) in [5.41, 5.74) is 2.01. The highest BCUT2D eigenvalue weighted by Gasteiger charge is 2.08. The minimum Gasteiger partial charge on any atom is -0.215 e. The fourth-order valence-electron chi connectivity index (χ4n) is 2.40. The molecule has 0 saturated carbocycles. The van der Waals surface area contributed by atoms with E-state index in [2.05, 4.69) is 46.5 Å². The van der Waals surface area contributed by atoms with Gasteiger partial charge in [-0.1, -0.05) is 42.5 Å². The van der Waals surface area contributed by atoms with Crippen LogP contribution >= 0.6 is 0 Å². The number of nitrogens with zero attached hydrogens (tertiary/aromatic N) is 3. The second-order valence-electron chi connectivity index (χ2n) is 4.06. The van der Waals surface area contributed by atoms with E-state index >= 15 is 0 Å². The predicted octanol–water partition coefficient (Wildman–Crippen LogP) is 3.04. The van der Waals surface area contributed by atoms with E-state index in [9.17, 15) is 0 Å². The smallest absolute Gasteiger partial charge is 0.163 e. The number of aromatic nitrogens is 3. The molecular formula is C14H9N3. The summed E-state index contributed by atoms with van der Waals surface area (Å²) < 4.78 is 1.90. The summed E-state index contributed by atoms with van der Waals surface area (Å²) in [7, 11) is 0. The summed E-state index contributed by atoms with van der Waals surface area (Å²) in [4.78, 5) is 4.35. The molecule has 17 heavy (non-hydrogen) atoms. The van der Waals surface area contributed by atoms with Crippen LogP contribution in [-0.4, -0.2) is 14.6 Å². The first-order valence-corrected chi connectivity index (χ1v) is 5.54. The molecule has 3 heteroatoms. The van der Waals surface area contributed by atoms with E-state index in [0.717, 1.165) is 16.6 Å². The zero-order valence-corrected chi connectivity index (χ0v) is 9.04. The molecule has 0 atom stereocenters. The van der Waals surface area contributed by atoms with Crippen LogP contribution < -0.4 is 0 Å². The quantitative estimate of drug-likeness (QED) is 0.425. The van der Waals surface area contributed by atoms with Crippen LogP contribution in [0, 0.1) is 0 Å². The van der Waals surface area contributed by atoms with Gasteiger partial charge in [-0.2, -0.15) is 5.10 Å². The van der Waals surface area contributed by atoms with Crippen LogP contribution in [0.25, 0.3) is 27.3 Å². The van der Waals surface area contributed by atoms with Crippen LogP contribution in [-0.2, 0) is 0 Å². The van der Waals surface area contributed by atoms with Crippen LogP contribution in [0.5, 0.6) is 0 Å². The fourth-order valence-corrected chi connectivity index (χ4v) is 2.40. The summed E-state index contributed by atoms with van der Waals surface area (Å²) in [6, 6.07) is 16.6. The van der Waals surface area contributed by atoms with E-state index in [4.69, 9.17) is 0 Å². The maximum absolute atomic E-state index is 4.35. The monoisotopic (exact) mass is 219 g/mol. The highest BCUT2D eigenvalue weighted by molar-refractivity contribution is 6.11. The third-order valence-electron chi connectivity index (χ3n) is 3.14. The number of pyridine rings is 1. The average Bonchev–Trinajstić information content (AvgIpc) is 2.89. The summed E-state index contributed by atoms with van der Waals surface area (Å²) in [5.74, 6) is 0. The van der Waals surface area contributed by atoms with Crippen molar-refractivity contribution in [1.82, 2.24) is 14.6 Å². The molecule has 0 aliphatic rings. The number of benzene rings is 2. The third kappa shape index (κ3) is 1.05. The van der Waals surface area contributed by atoms with Crippen molar-refractivity contribution in [3.63, 3.8) is 0 Å². The van der Waals surface area contributed by atoms with Gasteiger partial charge in [0.25, 0.3) is 0 Å². The predicted molar refractivity (Wildman–Crippen MR) is 68.0 cm³/mol. The maximum atomic E-state index is 4.35. The zero-order valence-electron chi connectivity index (χ0n) is 9.04.